The van der Waals surface area contributed by atoms with Gasteiger partial charge in [0.2, 0.25) is 0 Å². The Bertz CT molecular complexity index is 1310. The van der Waals surface area contributed by atoms with Gasteiger partial charge in [0.1, 0.15) is 12.3 Å². The van der Waals surface area contributed by atoms with Gasteiger partial charge in [0.25, 0.3) is 0 Å². The standard InChI is InChI=1S/C25H20N4O2/c1-16-11-19(13-20(31)12-16)25-23(15-28-29(25)10-8-26)18-7-9-27-24(14-18)22-6-4-3-5-21(22)17(2)30/h3-7,9,11-15,31H,10H2,1-2H3. The molecule has 6 nitrogen and oxygen atoms in total. The third-order valence-electron chi connectivity index (χ3n) is 5.05. The van der Waals surface area contributed by atoms with Crippen molar-refractivity contribution >= 4 is 5.78 Å². The van der Waals surface area contributed by atoms with Crippen molar-refractivity contribution in [1.82, 2.24) is 14.8 Å². The molecule has 31 heavy (non-hydrogen) atoms. The molecule has 0 spiro atoms. The van der Waals surface area contributed by atoms with Crippen molar-refractivity contribution in [1.29, 1.82) is 5.26 Å². The van der Waals surface area contributed by atoms with E-state index in [-0.39, 0.29) is 18.1 Å². The summed E-state index contributed by atoms with van der Waals surface area (Å²) in [6.45, 7) is 3.52. The van der Waals surface area contributed by atoms with Crippen molar-refractivity contribution in [2.45, 2.75) is 20.4 Å². The van der Waals surface area contributed by atoms with Crippen LogP contribution in [0.5, 0.6) is 5.75 Å². The predicted octanol–water partition coefficient (Wildman–Crippen LogP) is 5.02. The van der Waals surface area contributed by atoms with Gasteiger partial charge >= 0.3 is 0 Å². The van der Waals surface area contributed by atoms with Gasteiger partial charge in [0, 0.05) is 28.5 Å². The molecule has 2 aromatic carbocycles. The third-order valence-corrected chi connectivity index (χ3v) is 5.05. The number of hydrogen-bond donors (Lipinski definition) is 1. The van der Waals surface area contributed by atoms with E-state index in [9.17, 15) is 15.2 Å². The Morgan fingerprint density at radius 3 is 2.65 bits per heavy atom. The first-order chi connectivity index (χ1) is 15.0. The van der Waals surface area contributed by atoms with E-state index < -0.39 is 0 Å². The van der Waals surface area contributed by atoms with Gasteiger partial charge in [0.05, 0.1) is 23.7 Å². The van der Waals surface area contributed by atoms with Crippen LogP contribution in [-0.4, -0.2) is 25.7 Å². The summed E-state index contributed by atoms with van der Waals surface area (Å²) in [4.78, 5) is 16.6. The average Bonchev–Trinajstić information content (AvgIpc) is 3.17. The fraction of sp³-hybridized carbons (Fsp3) is 0.120. The summed E-state index contributed by atoms with van der Waals surface area (Å²) < 4.78 is 1.62. The minimum Gasteiger partial charge on any atom is -0.508 e. The summed E-state index contributed by atoms with van der Waals surface area (Å²) >= 11 is 0. The maximum atomic E-state index is 12.1. The summed E-state index contributed by atoms with van der Waals surface area (Å²) in [6.07, 6.45) is 3.41. The number of phenolic OH excluding ortho intramolecular Hbond substituents is 1. The van der Waals surface area contributed by atoms with Gasteiger partial charge in [-0.2, -0.15) is 10.4 Å². The third kappa shape index (κ3) is 3.94. The lowest BCUT2D eigenvalue weighted by molar-refractivity contribution is 0.101. The highest BCUT2D eigenvalue weighted by molar-refractivity contribution is 6.00. The highest BCUT2D eigenvalue weighted by atomic mass is 16.3. The van der Waals surface area contributed by atoms with E-state index in [2.05, 4.69) is 16.2 Å². The first-order valence-electron chi connectivity index (χ1n) is 9.78. The van der Waals surface area contributed by atoms with Crippen LogP contribution in [-0.2, 0) is 6.54 Å². The number of benzene rings is 2. The molecule has 2 aromatic heterocycles. The Morgan fingerprint density at radius 2 is 1.90 bits per heavy atom. The highest BCUT2D eigenvalue weighted by Crippen LogP contribution is 2.35. The van der Waals surface area contributed by atoms with Crippen molar-refractivity contribution < 1.29 is 9.90 Å². The summed E-state index contributed by atoms with van der Waals surface area (Å²) in [5, 5.41) is 23.8. The van der Waals surface area contributed by atoms with Crippen LogP contribution in [0.25, 0.3) is 33.6 Å². The molecule has 0 fully saturated rings. The van der Waals surface area contributed by atoms with Gasteiger partial charge in [-0.3, -0.25) is 14.5 Å². The zero-order valence-corrected chi connectivity index (χ0v) is 17.2. The number of aromatic hydroxyl groups is 1. The maximum absolute atomic E-state index is 12.1. The molecule has 0 saturated heterocycles. The molecule has 0 aliphatic rings. The maximum Gasteiger partial charge on any atom is 0.160 e. The molecule has 0 bridgehead atoms. The number of Topliss-reactive ketones (excluding diaryl/α,β-unsaturated/α-hetero) is 1. The van der Waals surface area contributed by atoms with Crippen LogP contribution < -0.4 is 0 Å². The molecule has 4 aromatic rings. The van der Waals surface area contributed by atoms with Gasteiger partial charge in [-0.25, -0.2) is 0 Å². The number of phenols is 1. The van der Waals surface area contributed by atoms with E-state index in [0.717, 1.165) is 33.5 Å². The van der Waals surface area contributed by atoms with E-state index in [1.807, 2.05) is 43.3 Å². The minimum atomic E-state index is -0.0273. The molecule has 0 atom stereocenters. The van der Waals surface area contributed by atoms with Crippen LogP contribution >= 0.6 is 0 Å². The first-order valence-corrected chi connectivity index (χ1v) is 9.78. The summed E-state index contributed by atoms with van der Waals surface area (Å²) in [7, 11) is 0. The summed E-state index contributed by atoms with van der Waals surface area (Å²) in [5.74, 6) is 0.122. The van der Waals surface area contributed by atoms with Crippen LogP contribution in [0.4, 0.5) is 0 Å². The largest absolute Gasteiger partial charge is 0.508 e. The first kappa shape index (κ1) is 20.0. The number of aromatic nitrogens is 3. The molecule has 0 saturated carbocycles. The number of aryl methyl sites for hydroxylation is 1. The van der Waals surface area contributed by atoms with Crippen LogP contribution in [0.2, 0.25) is 0 Å². The van der Waals surface area contributed by atoms with Gasteiger partial charge in [0.15, 0.2) is 5.78 Å². The second kappa shape index (κ2) is 8.25. The zero-order chi connectivity index (χ0) is 22.0. The average molecular weight is 408 g/mol. The Labute approximate surface area is 180 Å². The Hall–Kier alpha value is -4.24. The van der Waals surface area contributed by atoms with Crippen molar-refractivity contribution in [2.24, 2.45) is 0 Å². The summed E-state index contributed by atoms with van der Waals surface area (Å²) in [5.41, 5.74) is 6.10. The zero-order valence-electron chi connectivity index (χ0n) is 17.2. The van der Waals surface area contributed by atoms with E-state index in [0.29, 0.717) is 11.3 Å². The molecular formula is C25H20N4O2. The molecule has 0 aliphatic carbocycles. The molecule has 4 rings (SSSR count). The molecule has 1 N–H and O–H groups in total. The topological polar surface area (TPSA) is 91.8 Å². The van der Waals surface area contributed by atoms with Crippen molar-refractivity contribution in [3.05, 3.63) is 78.1 Å². The number of pyridine rings is 1. The Kier molecular flexibility index (Phi) is 5.33. The van der Waals surface area contributed by atoms with E-state index >= 15 is 0 Å². The number of hydrogen-bond acceptors (Lipinski definition) is 5. The van der Waals surface area contributed by atoms with Crippen LogP contribution in [0.1, 0.15) is 22.8 Å². The molecule has 0 unspecified atom stereocenters. The van der Waals surface area contributed by atoms with Gasteiger partial charge < -0.3 is 5.11 Å². The lowest BCUT2D eigenvalue weighted by Gasteiger charge is -2.11. The lowest BCUT2D eigenvalue weighted by Crippen LogP contribution is -2.01. The molecule has 0 radical (unpaired) electrons. The SMILES string of the molecule is CC(=O)c1ccccc1-c1cc(-c2cnn(CC#N)c2-c2cc(C)cc(O)c2)ccn1. The smallest absolute Gasteiger partial charge is 0.160 e. The normalized spacial score (nSPS) is 10.6. The van der Waals surface area contributed by atoms with Crippen LogP contribution in [0.3, 0.4) is 0 Å². The molecule has 2 heterocycles. The Balaban J connectivity index is 1.90. The van der Waals surface area contributed by atoms with E-state index in [1.54, 1.807) is 35.3 Å². The highest BCUT2D eigenvalue weighted by Gasteiger charge is 2.17. The van der Waals surface area contributed by atoms with E-state index in [4.69, 9.17) is 0 Å². The predicted molar refractivity (Wildman–Crippen MR) is 118 cm³/mol. The number of rotatable bonds is 5. The van der Waals surface area contributed by atoms with Crippen LogP contribution in [0.15, 0.2) is 67.0 Å². The number of carbonyl (C=O) groups is 1. The van der Waals surface area contributed by atoms with Gasteiger partial charge in [-0.05, 0) is 55.3 Å². The number of nitriles is 1. The number of carbonyl (C=O) groups excluding carboxylic acids is 1. The fourth-order valence-corrected chi connectivity index (χ4v) is 3.75. The lowest BCUT2D eigenvalue weighted by atomic mass is 9.97. The molecule has 0 amide bonds. The van der Waals surface area contributed by atoms with Gasteiger partial charge in [-0.1, -0.05) is 24.3 Å². The minimum absolute atomic E-state index is 0.0273. The fourth-order valence-electron chi connectivity index (χ4n) is 3.75. The van der Waals surface area contributed by atoms with Crippen molar-refractivity contribution in [2.75, 3.05) is 0 Å². The van der Waals surface area contributed by atoms with Crippen LogP contribution in [0, 0.1) is 18.3 Å². The van der Waals surface area contributed by atoms with Crippen molar-refractivity contribution in [3.8, 4) is 45.5 Å². The van der Waals surface area contributed by atoms with Gasteiger partial charge in [-0.15, -0.1) is 0 Å². The van der Waals surface area contributed by atoms with Crippen molar-refractivity contribution in [3.63, 3.8) is 0 Å². The quantitative estimate of drug-likeness (QED) is 0.468. The Morgan fingerprint density at radius 1 is 1.10 bits per heavy atom. The summed E-state index contributed by atoms with van der Waals surface area (Å²) in [6, 6.07) is 18.6. The second-order valence-electron chi connectivity index (χ2n) is 7.31. The molecule has 6 heteroatoms. The monoisotopic (exact) mass is 408 g/mol. The van der Waals surface area contributed by atoms with E-state index in [1.165, 1.54) is 6.92 Å². The molecule has 152 valence electrons. The molecular weight excluding hydrogens is 388 g/mol. The number of ketones is 1. The molecule has 0 aliphatic heterocycles. The number of nitrogens with zero attached hydrogens (tertiary/aromatic N) is 4. The second-order valence-corrected chi connectivity index (χ2v) is 7.31.